The Hall–Kier alpha value is -2.45. The summed E-state index contributed by atoms with van der Waals surface area (Å²) in [7, 11) is 0. The van der Waals surface area contributed by atoms with E-state index in [2.05, 4.69) is 0 Å². The van der Waals surface area contributed by atoms with Crippen LogP contribution in [0.3, 0.4) is 0 Å². The van der Waals surface area contributed by atoms with Crippen molar-refractivity contribution in [2.75, 3.05) is 0 Å². The first-order chi connectivity index (χ1) is 13.4. The van der Waals surface area contributed by atoms with Gasteiger partial charge in [0.25, 0.3) is 0 Å². The summed E-state index contributed by atoms with van der Waals surface area (Å²) in [6, 6.07) is 21.3. The Bertz CT molecular complexity index is 880. The zero-order valence-corrected chi connectivity index (χ0v) is 19.6. The normalized spacial score (nSPS) is 10.7. The topological polar surface area (TPSA) is 51.2 Å². The van der Waals surface area contributed by atoms with Crippen molar-refractivity contribution in [2.24, 2.45) is 0 Å². The monoisotopic (exact) mass is 566 g/mol. The molecule has 0 saturated heterocycles. The summed E-state index contributed by atoms with van der Waals surface area (Å²) in [5.74, 6) is 0. The maximum atomic E-state index is 13.3. The minimum absolute atomic E-state index is 0.272. The van der Waals surface area contributed by atoms with Gasteiger partial charge >= 0.3 is 174 Å². The fourth-order valence-electron chi connectivity index (χ4n) is 2.75. The Morgan fingerprint density at radius 2 is 0.679 bits per heavy atom. The number of hydrogen-bond donors (Lipinski definition) is 0. The van der Waals surface area contributed by atoms with E-state index in [0.29, 0.717) is 16.7 Å². The predicted octanol–water partition coefficient (Wildman–Crippen LogP) is 4.67. The van der Waals surface area contributed by atoms with Gasteiger partial charge in [0, 0.05) is 0 Å². The van der Waals surface area contributed by atoms with Gasteiger partial charge in [-0.15, -0.1) is 0 Å². The zero-order chi connectivity index (χ0) is 20.3. The molecule has 0 aliphatic rings. The second kappa shape index (κ2) is 8.71. The van der Waals surface area contributed by atoms with Crippen LogP contribution in [0.25, 0.3) is 0 Å². The van der Waals surface area contributed by atoms with Crippen LogP contribution >= 0.6 is 0 Å². The van der Waals surface area contributed by atoms with Gasteiger partial charge in [-0.25, -0.2) is 0 Å². The first-order valence-electron chi connectivity index (χ1n) is 9.00. The van der Waals surface area contributed by atoms with Crippen LogP contribution in [0.15, 0.2) is 72.8 Å². The van der Waals surface area contributed by atoms with Gasteiger partial charge in [0.2, 0.25) is 0 Å². The van der Waals surface area contributed by atoms with Gasteiger partial charge < -0.3 is 0 Å². The number of carbonyl (C=O) groups is 3. The SMILES string of the molecule is Cc1ccc([C](=O)[Bi]([C](=O)c2ccc(C)cc2)[C](=O)c2ccc(C)cc2)cc1. The molecule has 0 atom stereocenters. The van der Waals surface area contributed by atoms with E-state index >= 15 is 0 Å². The molecule has 0 heterocycles. The second-order valence-electron chi connectivity index (χ2n) is 6.85. The predicted molar refractivity (Wildman–Crippen MR) is 112 cm³/mol. The molecule has 0 spiro atoms. The van der Waals surface area contributed by atoms with E-state index in [1.165, 1.54) is 0 Å². The molecule has 0 bridgehead atoms. The summed E-state index contributed by atoms with van der Waals surface area (Å²) in [6.45, 7) is 5.80. The minimum atomic E-state index is -3.98. The van der Waals surface area contributed by atoms with E-state index in [-0.39, 0.29) is 10.5 Å². The molecular formula is C24H21BiO3. The van der Waals surface area contributed by atoms with Gasteiger partial charge in [-0.05, 0) is 0 Å². The van der Waals surface area contributed by atoms with E-state index in [0.717, 1.165) is 16.7 Å². The van der Waals surface area contributed by atoms with E-state index in [1.807, 2.05) is 57.2 Å². The van der Waals surface area contributed by atoms with Crippen molar-refractivity contribution in [2.45, 2.75) is 20.8 Å². The number of carbonyl (C=O) groups excluding carboxylic acids is 3. The molecule has 0 aliphatic heterocycles. The van der Waals surface area contributed by atoms with Crippen molar-refractivity contribution in [3.63, 3.8) is 0 Å². The van der Waals surface area contributed by atoms with Crippen LogP contribution in [-0.4, -0.2) is 32.2 Å². The van der Waals surface area contributed by atoms with Crippen LogP contribution in [0, 0.1) is 20.8 Å². The summed E-state index contributed by atoms with van der Waals surface area (Å²) in [5, 5.41) is 0. The third-order valence-corrected chi connectivity index (χ3v) is 12.3. The van der Waals surface area contributed by atoms with Crippen LogP contribution < -0.4 is 0 Å². The summed E-state index contributed by atoms with van der Waals surface area (Å²) in [5.41, 5.74) is 4.42. The van der Waals surface area contributed by atoms with E-state index in [9.17, 15) is 14.4 Å². The van der Waals surface area contributed by atoms with Gasteiger partial charge in [0.1, 0.15) is 0 Å². The van der Waals surface area contributed by atoms with E-state index in [4.69, 9.17) is 0 Å². The van der Waals surface area contributed by atoms with Crippen LogP contribution in [0.4, 0.5) is 0 Å². The molecule has 0 N–H and O–H groups in total. The Morgan fingerprint density at radius 3 is 0.893 bits per heavy atom. The molecule has 28 heavy (non-hydrogen) atoms. The fraction of sp³-hybridized carbons (Fsp3) is 0.125. The van der Waals surface area contributed by atoms with Crippen LogP contribution in [0.1, 0.15) is 47.8 Å². The number of aryl methyl sites for hydroxylation is 3. The van der Waals surface area contributed by atoms with Crippen LogP contribution in [-0.2, 0) is 0 Å². The van der Waals surface area contributed by atoms with Crippen molar-refractivity contribution in [1.29, 1.82) is 0 Å². The molecular weight excluding hydrogens is 545 g/mol. The van der Waals surface area contributed by atoms with Crippen LogP contribution in [0.5, 0.6) is 0 Å². The molecule has 0 fully saturated rings. The van der Waals surface area contributed by atoms with Gasteiger partial charge in [0.15, 0.2) is 0 Å². The van der Waals surface area contributed by atoms with Gasteiger partial charge in [-0.1, -0.05) is 0 Å². The summed E-state index contributed by atoms with van der Waals surface area (Å²) in [6.07, 6.45) is 0. The van der Waals surface area contributed by atoms with Crippen molar-refractivity contribution >= 4 is 32.2 Å². The number of benzene rings is 3. The molecule has 3 aromatic carbocycles. The van der Waals surface area contributed by atoms with Crippen LogP contribution in [0.2, 0.25) is 0 Å². The third-order valence-electron chi connectivity index (χ3n) is 4.50. The average molecular weight is 566 g/mol. The Balaban J connectivity index is 2.04. The van der Waals surface area contributed by atoms with Crippen molar-refractivity contribution < 1.29 is 14.4 Å². The van der Waals surface area contributed by atoms with Gasteiger partial charge in [0.05, 0.1) is 0 Å². The first-order valence-corrected chi connectivity index (χ1v) is 14.2. The summed E-state index contributed by atoms with van der Waals surface area (Å²) >= 11 is -3.98. The molecule has 3 aromatic rings. The summed E-state index contributed by atoms with van der Waals surface area (Å²) < 4.78 is -0.816. The second-order valence-corrected chi connectivity index (χ2v) is 14.2. The molecule has 0 aliphatic carbocycles. The standard InChI is InChI=1S/3C8H7O.Bi/c3*1-7-2-4-8(6-9)5-3-7;/h3*2-5H,1H3;. The number of rotatable bonds is 6. The third kappa shape index (κ3) is 4.51. The molecule has 0 saturated carbocycles. The fourth-order valence-corrected chi connectivity index (χ4v) is 9.65. The maximum absolute atomic E-state index is 13.3. The Morgan fingerprint density at radius 1 is 0.464 bits per heavy atom. The average Bonchev–Trinajstić information content (AvgIpc) is 2.69. The number of hydrogen-bond acceptors (Lipinski definition) is 3. The van der Waals surface area contributed by atoms with E-state index in [1.54, 1.807) is 36.4 Å². The molecule has 4 heteroatoms. The molecule has 0 amide bonds. The Labute approximate surface area is 173 Å². The summed E-state index contributed by atoms with van der Waals surface area (Å²) in [4.78, 5) is 39.8. The molecule has 140 valence electrons. The zero-order valence-electron chi connectivity index (χ0n) is 16.1. The molecule has 0 aromatic heterocycles. The molecule has 3 nitrogen and oxygen atoms in total. The van der Waals surface area contributed by atoms with E-state index < -0.39 is 21.8 Å². The van der Waals surface area contributed by atoms with Gasteiger partial charge in [-0.3, -0.25) is 0 Å². The molecule has 0 unspecified atom stereocenters. The van der Waals surface area contributed by atoms with Crippen molar-refractivity contribution in [3.8, 4) is 0 Å². The first kappa shape index (κ1) is 20.3. The van der Waals surface area contributed by atoms with Gasteiger partial charge in [-0.2, -0.15) is 0 Å². The quantitative estimate of drug-likeness (QED) is 0.408. The molecule has 0 radical (unpaired) electrons. The molecule has 3 rings (SSSR count). The van der Waals surface area contributed by atoms with Crippen molar-refractivity contribution in [1.82, 2.24) is 0 Å². The Kier molecular flexibility index (Phi) is 6.31. The van der Waals surface area contributed by atoms with Crippen molar-refractivity contribution in [3.05, 3.63) is 106 Å².